The van der Waals surface area contributed by atoms with E-state index in [1.807, 2.05) is 12.1 Å². The van der Waals surface area contributed by atoms with Crippen LogP contribution in [0.3, 0.4) is 0 Å². The number of anilines is 1. The molecule has 1 saturated heterocycles. The molecule has 0 amide bonds. The van der Waals surface area contributed by atoms with Crippen LogP contribution in [0.25, 0.3) is 15.9 Å². The highest BCUT2D eigenvalue weighted by molar-refractivity contribution is 7.18. The number of hydrogen-bond acceptors (Lipinski definition) is 6. The summed E-state index contributed by atoms with van der Waals surface area (Å²) in [6.07, 6.45) is 3.14. The lowest BCUT2D eigenvalue weighted by atomic mass is 10.1. The van der Waals surface area contributed by atoms with E-state index in [0.29, 0.717) is 17.5 Å². The van der Waals surface area contributed by atoms with E-state index >= 15 is 0 Å². The maximum atomic E-state index is 13.7. The summed E-state index contributed by atoms with van der Waals surface area (Å²) in [5.74, 6) is 0.562. The Labute approximate surface area is 178 Å². The van der Waals surface area contributed by atoms with Crippen molar-refractivity contribution in [2.75, 3.05) is 32.1 Å². The Morgan fingerprint density at radius 3 is 2.93 bits per heavy atom. The largest absolute Gasteiger partial charge is 0.376 e. The van der Waals surface area contributed by atoms with Crippen molar-refractivity contribution >= 4 is 39.1 Å². The molecule has 0 radical (unpaired) electrons. The molecular weight excluding hydrogens is 408 g/mol. The van der Waals surface area contributed by atoms with Crippen molar-refractivity contribution in [1.29, 1.82) is 0 Å². The van der Waals surface area contributed by atoms with Crippen LogP contribution in [0.1, 0.15) is 23.3 Å². The summed E-state index contributed by atoms with van der Waals surface area (Å²) in [6, 6.07) is 7.33. The molecule has 1 unspecified atom stereocenters. The predicted molar refractivity (Wildman–Crippen MR) is 118 cm³/mol. The normalized spacial score (nSPS) is 19.6. The van der Waals surface area contributed by atoms with Crippen LogP contribution in [-0.2, 0) is 17.7 Å². The smallest absolute Gasteiger partial charge is 0.268 e. The van der Waals surface area contributed by atoms with Gasteiger partial charge in [0.2, 0.25) is 5.95 Å². The number of nitrogens with one attached hydrogen (secondary N) is 1. The molecule has 2 aliphatic rings. The summed E-state index contributed by atoms with van der Waals surface area (Å²) in [7, 11) is 2.11. The summed E-state index contributed by atoms with van der Waals surface area (Å²) in [5, 5.41) is 4.78. The first kappa shape index (κ1) is 19.1. The molecule has 0 aliphatic carbocycles. The average molecular weight is 431 g/mol. The number of halogens is 1. The van der Waals surface area contributed by atoms with Crippen LogP contribution in [-0.4, -0.2) is 47.3 Å². The number of thiophene rings is 1. The number of nitrogens with zero attached hydrogens (tertiary/aromatic N) is 3. The minimum atomic E-state index is -0.0192. The van der Waals surface area contributed by atoms with Gasteiger partial charge in [-0.15, -0.1) is 11.3 Å². The van der Waals surface area contributed by atoms with Gasteiger partial charge in [0.15, 0.2) is 0 Å². The Kier molecular flexibility index (Phi) is 5.07. The summed E-state index contributed by atoms with van der Waals surface area (Å²) < 4.78 is 7.41. The minimum absolute atomic E-state index is 0.0192. The Morgan fingerprint density at radius 1 is 1.34 bits per heavy atom. The first-order valence-corrected chi connectivity index (χ1v) is 11.2. The Hall–Kier alpha value is -1.93. The molecule has 0 saturated carbocycles. The number of aromatic nitrogens is 2. The van der Waals surface area contributed by atoms with Gasteiger partial charge in [-0.2, -0.15) is 0 Å². The molecule has 3 aromatic rings. The maximum Gasteiger partial charge on any atom is 0.268 e. The Balaban J connectivity index is 1.65. The predicted octanol–water partition coefficient (Wildman–Crippen LogP) is 3.68. The van der Waals surface area contributed by atoms with Gasteiger partial charge >= 0.3 is 0 Å². The number of ether oxygens (including phenoxy) is 1. The fourth-order valence-corrected chi connectivity index (χ4v) is 5.55. The van der Waals surface area contributed by atoms with Gasteiger partial charge in [0.25, 0.3) is 5.56 Å². The Morgan fingerprint density at radius 2 is 2.17 bits per heavy atom. The average Bonchev–Trinajstić information content (AvgIpc) is 3.34. The van der Waals surface area contributed by atoms with Gasteiger partial charge in [-0.05, 0) is 56.1 Å². The van der Waals surface area contributed by atoms with E-state index in [9.17, 15) is 4.79 Å². The standard InChI is InChI=1S/C21H23ClN4O2S/c1-25-9-8-16-17(12-25)29-19-18(16)20(27)26(14-6-4-13(22)5-7-14)21(24-19)23-11-15-3-2-10-28-15/h4-7,15H,2-3,8-12H2,1H3,(H,23,24). The fourth-order valence-electron chi connectivity index (χ4n) is 4.13. The van der Waals surface area contributed by atoms with Crippen molar-refractivity contribution in [1.82, 2.24) is 14.5 Å². The van der Waals surface area contributed by atoms with E-state index in [0.717, 1.165) is 60.4 Å². The number of benzene rings is 1. The van der Waals surface area contributed by atoms with E-state index in [1.54, 1.807) is 28.0 Å². The summed E-state index contributed by atoms with van der Waals surface area (Å²) in [6.45, 7) is 3.26. The molecule has 2 aromatic heterocycles. The molecule has 1 N–H and O–H groups in total. The third kappa shape index (κ3) is 3.57. The van der Waals surface area contributed by atoms with Crippen LogP contribution in [0.4, 0.5) is 5.95 Å². The van der Waals surface area contributed by atoms with Gasteiger partial charge < -0.3 is 15.0 Å². The van der Waals surface area contributed by atoms with Gasteiger partial charge in [0.1, 0.15) is 4.83 Å². The fraction of sp³-hybridized carbons (Fsp3) is 0.429. The van der Waals surface area contributed by atoms with E-state index in [1.165, 1.54) is 4.88 Å². The van der Waals surface area contributed by atoms with Crippen molar-refractivity contribution < 1.29 is 4.74 Å². The van der Waals surface area contributed by atoms with Gasteiger partial charge in [0.05, 0.1) is 17.2 Å². The highest BCUT2D eigenvalue weighted by atomic mass is 35.5. The zero-order valence-corrected chi connectivity index (χ0v) is 17.9. The van der Waals surface area contributed by atoms with Crippen molar-refractivity contribution in [3.8, 4) is 5.69 Å². The van der Waals surface area contributed by atoms with Crippen LogP contribution in [0.15, 0.2) is 29.1 Å². The monoisotopic (exact) mass is 430 g/mol. The van der Waals surface area contributed by atoms with Gasteiger partial charge in [-0.25, -0.2) is 9.55 Å². The summed E-state index contributed by atoms with van der Waals surface area (Å²) >= 11 is 7.71. The molecule has 5 rings (SSSR count). The molecule has 0 spiro atoms. The molecule has 1 atom stereocenters. The lowest BCUT2D eigenvalue weighted by Gasteiger charge is -2.22. The minimum Gasteiger partial charge on any atom is -0.376 e. The molecule has 1 fully saturated rings. The van der Waals surface area contributed by atoms with Crippen molar-refractivity contribution in [2.24, 2.45) is 0 Å². The lowest BCUT2D eigenvalue weighted by Crippen LogP contribution is -2.28. The topological polar surface area (TPSA) is 59.4 Å². The number of likely N-dealkylation sites (N-methyl/N-ethyl adjacent to an activating group) is 1. The van der Waals surface area contributed by atoms with Crippen molar-refractivity contribution in [3.63, 3.8) is 0 Å². The van der Waals surface area contributed by atoms with Gasteiger partial charge in [-0.1, -0.05) is 11.6 Å². The van der Waals surface area contributed by atoms with Crippen molar-refractivity contribution in [2.45, 2.75) is 31.9 Å². The van der Waals surface area contributed by atoms with Crippen LogP contribution in [0.5, 0.6) is 0 Å². The summed E-state index contributed by atoms with van der Waals surface area (Å²) in [4.78, 5) is 22.9. The molecule has 152 valence electrons. The van der Waals surface area contributed by atoms with Crippen LogP contribution < -0.4 is 10.9 Å². The van der Waals surface area contributed by atoms with Crippen molar-refractivity contribution in [3.05, 3.63) is 50.1 Å². The number of fused-ring (bicyclic) bond motifs is 3. The molecule has 2 aliphatic heterocycles. The second-order valence-corrected chi connectivity index (χ2v) is 9.26. The van der Waals surface area contributed by atoms with E-state index in [-0.39, 0.29) is 11.7 Å². The summed E-state index contributed by atoms with van der Waals surface area (Å²) in [5.41, 5.74) is 1.90. The maximum absolute atomic E-state index is 13.7. The number of hydrogen-bond donors (Lipinski definition) is 1. The molecule has 8 heteroatoms. The SMILES string of the molecule is CN1CCc2c(sc3nc(NCC4CCCO4)n(-c4ccc(Cl)cc4)c(=O)c23)C1. The van der Waals surface area contributed by atoms with Crippen LogP contribution in [0, 0.1) is 0 Å². The third-order valence-corrected chi connectivity index (χ3v) is 7.02. The van der Waals surface area contributed by atoms with E-state index in [4.69, 9.17) is 21.3 Å². The second kappa shape index (κ2) is 7.72. The van der Waals surface area contributed by atoms with Crippen LogP contribution in [0.2, 0.25) is 5.02 Å². The zero-order chi connectivity index (χ0) is 20.0. The highest BCUT2D eigenvalue weighted by Crippen LogP contribution is 2.33. The quantitative estimate of drug-likeness (QED) is 0.684. The lowest BCUT2D eigenvalue weighted by molar-refractivity contribution is 0.120. The molecule has 6 nitrogen and oxygen atoms in total. The molecule has 4 heterocycles. The third-order valence-electron chi connectivity index (χ3n) is 5.66. The van der Waals surface area contributed by atoms with Gasteiger partial charge in [0, 0.05) is 36.1 Å². The molecule has 29 heavy (non-hydrogen) atoms. The molecule has 0 bridgehead atoms. The van der Waals surface area contributed by atoms with E-state index in [2.05, 4.69) is 17.3 Å². The highest BCUT2D eigenvalue weighted by Gasteiger charge is 2.25. The van der Waals surface area contributed by atoms with E-state index < -0.39 is 0 Å². The van der Waals surface area contributed by atoms with Gasteiger partial charge in [-0.3, -0.25) is 4.79 Å². The first-order chi connectivity index (χ1) is 14.1. The second-order valence-electron chi connectivity index (χ2n) is 7.74. The molecular formula is C21H23ClN4O2S. The Bertz CT molecular complexity index is 1100. The zero-order valence-electron chi connectivity index (χ0n) is 16.3. The first-order valence-electron chi connectivity index (χ1n) is 9.97. The molecule has 1 aromatic carbocycles. The van der Waals surface area contributed by atoms with Crippen LogP contribution >= 0.6 is 22.9 Å². The number of rotatable bonds is 4.